The van der Waals surface area contributed by atoms with Gasteiger partial charge in [-0.15, -0.1) is 0 Å². The highest BCUT2D eigenvalue weighted by atomic mass is 35.5. The van der Waals surface area contributed by atoms with E-state index in [1.807, 2.05) is 37.2 Å². The van der Waals surface area contributed by atoms with Crippen LogP contribution in [0.1, 0.15) is 37.8 Å². The Morgan fingerprint density at radius 1 is 1.39 bits per heavy atom. The minimum Gasteiger partial charge on any atom is -0.391 e. The van der Waals surface area contributed by atoms with E-state index in [9.17, 15) is 5.11 Å². The lowest BCUT2D eigenvalue weighted by molar-refractivity contribution is 0.132. The van der Waals surface area contributed by atoms with Crippen LogP contribution in [-0.2, 0) is 0 Å². The number of nitrogens with two attached hydrogens (primary N) is 1. The fraction of sp³-hybridized carbons (Fsp3) is 0.571. The van der Waals surface area contributed by atoms with E-state index in [1.165, 1.54) is 0 Å². The summed E-state index contributed by atoms with van der Waals surface area (Å²) < 4.78 is 0. The summed E-state index contributed by atoms with van der Waals surface area (Å²) in [4.78, 5) is 1.98. The molecule has 0 spiro atoms. The smallest absolute Gasteiger partial charge is 0.0733 e. The van der Waals surface area contributed by atoms with Crippen LogP contribution in [0.5, 0.6) is 0 Å². The zero-order chi connectivity index (χ0) is 13.7. The summed E-state index contributed by atoms with van der Waals surface area (Å²) in [7, 11) is 3.92. The van der Waals surface area contributed by atoms with Crippen LogP contribution in [0.3, 0.4) is 0 Å². The summed E-state index contributed by atoms with van der Waals surface area (Å²) in [5.41, 5.74) is 7.90. The molecular formula is C14H23ClN2O. The third kappa shape index (κ3) is 3.87. The second-order valence-electron chi connectivity index (χ2n) is 4.84. The third-order valence-corrected chi connectivity index (χ3v) is 3.45. The van der Waals surface area contributed by atoms with Crippen LogP contribution in [0.2, 0.25) is 5.02 Å². The van der Waals surface area contributed by atoms with E-state index >= 15 is 0 Å². The van der Waals surface area contributed by atoms with Gasteiger partial charge < -0.3 is 15.7 Å². The Morgan fingerprint density at radius 3 is 2.56 bits per heavy atom. The van der Waals surface area contributed by atoms with Gasteiger partial charge >= 0.3 is 0 Å². The van der Waals surface area contributed by atoms with Crippen molar-refractivity contribution in [3.05, 3.63) is 28.8 Å². The minimum absolute atomic E-state index is 0.416. The Labute approximate surface area is 115 Å². The third-order valence-electron chi connectivity index (χ3n) is 3.13. The largest absolute Gasteiger partial charge is 0.391 e. The van der Waals surface area contributed by atoms with Gasteiger partial charge in [-0.3, -0.25) is 0 Å². The molecule has 0 saturated carbocycles. The van der Waals surface area contributed by atoms with Crippen LogP contribution in [0.15, 0.2) is 18.2 Å². The van der Waals surface area contributed by atoms with Crippen LogP contribution in [-0.4, -0.2) is 25.3 Å². The van der Waals surface area contributed by atoms with Crippen molar-refractivity contribution in [3.63, 3.8) is 0 Å². The average molecular weight is 271 g/mol. The number of aliphatic hydroxyl groups excluding tert-OH is 1. The van der Waals surface area contributed by atoms with Gasteiger partial charge in [-0.25, -0.2) is 0 Å². The van der Waals surface area contributed by atoms with Crippen LogP contribution in [0.25, 0.3) is 0 Å². The number of hydrogen-bond acceptors (Lipinski definition) is 3. The topological polar surface area (TPSA) is 49.5 Å². The van der Waals surface area contributed by atoms with Crippen molar-refractivity contribution in [2.45, 2.75) is 38.3 Å². The van der Waals surface area contributed by atoms with E-state index < -0.39 is 12.1 Å². The summed E-state index contributed by atoms with van der Waals surface area (Å²) in [6.45, 7) is 2.09. The zero-order valence-corrected chi connectivity index (χ0v) is 12.1. The fourth-order valence-corrected chi connectivity index (χ4v) is 2.17. The average Bonchev–Trinajstić information content (AvgIpc) is 2.34. The van der Waals surface area contributed by atoms with E-state index in [4.69, 9.17) is 17.3 Å². The summed E-state index contributed by atoms with van der Waals surface area (Å²) >= 11 is 6.23. The maximum atomic E-state index is 10.0. The van der Waals surface area contributed by atoms with Crippen molar-refractivity contribution in [2.24, 2.45) is 5.73 Å². The Morgan fingerprint density at radius 2 is 2.06 bits per heavy atom. The molecule has 0 unspecified atom stereocenters. The van der Waals surface area contributed by atoms with Crippen LogP contribution in [0.4, 0.5) is 5.69 Å². The fourth-order valence-electron chi connectivity index (χ4n) is 1.86. The van der Waals surface area contributed by atoms with Crippen LogP contribution in [0, 0.1) is 0 Å². The van der Waals surface area contributed by atoms with Crippen molar-refractivity contribution in [1.29, 1.82) is 0 Å². The molecule has 4 heteroatoms. The van der Waals surface area contributed by atoms with E-state index in [0.717, 1.165) is 24.1 Å². The molecule has 0 bridgehead atoms. The Hall–Kier alpha value is -0.770. The summed E-state index contributed by atoms with van der Waals surface area (Å²) in [6, 6.07) is 5.33. The Bertz CT molecular complexity index is 382. The number of nitrogens with zero attached hydrogens (tertiary/aromatic N) is 1. The first-order valence-electron chi connectivity index (χ1n) is 6.37. The molecule has 0 aliphatic heterocycles. The summed E-state index contributed by atoms with van der Waals surface area (Å²) in [5.74, 6) is 0. The maximum Gasteiger partial charge on any atom is 0.0733 e. The van der Waals surface area contributed by atoms with Crippen molar-refractivity contribution in [3.8, 4) is 0 Å². The predicted octanol–water partition coefficient (Wildman–Crippen LogP) is 2.96. The summed E-state index contributed by atoms with van der Waals surface area (Å²) in [6.07, 6.45) is 2.20. The standard InChI is InChI=1S/C14H23ClN2O/c1-4-5-6-13(18)14(16)11-8-7-10(17(2)3)9-12(11)15/h7-9,13-14,18H,4-6,16H2,1-3H3/t13-,14+/m0/s1. The number of anilines is 1. The number of benzene rings is 1. The molecule has 1 rings (SSSR count). The Balaban J connectivity index is 2.82. The highest BCUT2D eigenvalue weighted by Gasteiger charge is 2.19. The van der Waals surface area contributed by atoms with Gasteiger partial charge in [-0.05, 0) is 24.1 Å². The van der Waals surface area contributed by atoms with Gasteiger partial charge in [0.25, 0.3) is 0 Å². The van der Waals surface area contributed by atoms with Crippen molar-refractivity contribution in [2.75, 3.05) is 19.0 Å². The maximum absolute atomic E-state index is 10.0. The van der Waals surface area contributed by atoms with Crippen molar-refractivity contribution >= 4 is 17.3 Å². The number of aliphatic hydroxyl groups is 1. The van der Waals surface area contributed by atoms with Crippen LogP contribution >= 0.6 is 11.6 Å². The second-order valence-corrected chi connectivity index (χ2v) is 5.24. The van der Waals surface area contributed by atoms with Gasteiger partial charge in [0.1, 0.15) is 0 Å². The molecule has 0 fully saturated rings. The van der Waals surface area contributed by atoms with Crippen molar-refractivity contribution in [1.82, 2.24) is 0 Å². The molecule has 0 aliphatic rings. The van der Waals surface area contributed by atoms with E-state index in [1.54, 1.807) is 0 Å². The zero-order valence-electron chi connectivity index (χ0n) is 11.4. The first-order chi connectivity index (χ1) is 8.47. The SMILES string of the molecule is CCCC[C@H](O)[C@H](N)c1ccc(N(C)C)cc1Cl. The number of unbranched alkanes of at least 4 members (excludes halogenated alkanes) is 1. The number of hydrogen-bond donors (Lipinski definition) is 2. The molecule has 2 atom stereocenters. The normalized spacial score (nSPS) is 14.3. The molecule has 0 amide bonds. The molecule has 1 aromatic rings. The van der Waals surface area contributed by atoms with Gasteiger partial charge in [0.2, 0.25) is 0 Å². The highest BCUT2D eigenvalue weighted by Crippen LogP contribution is 2.29. The van der Waals surface area contributed by atoms with Gasteiger partial charge in [-0.2, -0.15) is 0 Å². The molecule has 3 N–H and O–H groups in total. The lowest BCUT2D eigenvalue weighted by Crippen LogP contribution is -2.26. The number of rotatable bonds is 6. The molecule has 1 aromatic carbocycles. The minimum atomic E-state index is -0.535. The molecule has 102 valence electrons. The molecule has 0 heterocycles. The molecule has 0 aliphatic carbocycles. The van der Waals surface area contributed by atoms with E-state index in [-0.39, 0.29) is 0 Å². The lowest BCUT2D eigenvalue weighted by atomic mass is 9.98. The first-order valence-corrected chi connectivity index (χ1v) is 6.75. The van der Waals surface area contributed by atoms with E-state index in [2.05, 4.69) is 6.92 Å². The first kappa shape index (κ1) is 15.3. The lowest BCUT2D eigenvalue weighted by Gasteiger charge is -2.21. The predicted molar refractivity (Wildman–Crippen MR) is 78.2 cm³/mol. The second kappa shape index (κ2) is 6.98. The highest BCUT2D eigenvalue weighted by molar-refractivity contribution is 6.31. The van der Waals surface area contributed by atoms with E-state index in [0.29, 0.717) is 11.4 Å². The molecule has 3 nitrogen and oxygen atoms in total. The van der Waals surface area contributed by atoms with Gasteiger partial charge in [0.15, 0.2) is 0 Å². The van der Waals surface area contributed by atoms with Crippen molar-refractivity contribution < 1.29 is 5.11 Å². The molecule has 18 heavy (non-hydrogen) atoms. The van der Waals surface area contributed by atoms with Crippen LogP contribution < -0.4 is 10.6 Å². The summed E-state index contributed by atoms with van der Waals surface area (Å²) in [5, 5.41) is 10.6. The molecule has 0 saturated heterocycles. The quantitative estimate of drug-likeness (QED) is 0.836. The molecular weight excluding hydrogens is 248 g/mol. The van der Waals surface area contributed by atoms with Gasteiger partial charge in [-0.1, -0.05) is 37.4 Å². The molecule has 0 aromatic heterocycles. The van der Waals surface area contributed by atoms with Gasteiger partial charge in [0, 0.05) is 24.8 Å². The Kier molecular flexibility index (Phi) is 5.93. The molecule has 0 radical (unpaired) electrons. The monoisotopic (exact) mass is 270 g/mol. The van der Waals surface area contributed by atoms with Gasteiger partial charge in [0.05, 0.1) is 12.1 Å². The number of halogens is 1.